The van der Waals surface area contributed by atoms with E-state index in [0.29, 0.717) is 23.1 Å². The van der Waals surface area contributed by atoms with Crippen molar-refractivity contribution in [3.8, 4) is 22.7 Å². The quantitative estimate of drug-likeness (QED) is 0.684. The molecule has 4 atom stereocenters. The van der Waals surface area contributed by atoms with Crippen LogP contribution in [0.1, 0.15) is 26.2 Å². The molecule has 156 valence electrons. The van der Waals surface area contributed by atoms with Crippen molar-refractivity contribution in [2.24, 2.45) is 0 Å². The number of aromatic nitrogens is 5. The lowest BCUT2D eigenvalue weighted by Gasteiger charge is -2.44. The van der Waals surface area contributed by atoms with Gasteiger partial charge in [-0.15, -0.1) is 20.4 Å². The summed E-state index contributed by atoms with van der Waals surface area (Å²) >= 11 is 0. The van der Waals surface area contributed by atoms with Crippen molar-refractivity contribution in [1.82, 2.24) is 30.3 Å². The third-order valence-corrected chi connectivity index (χ3v) is 6.50. The number of nitrogens with zero attached hydrogens (tertiary/aromatic N) is 6. The molecular weight excluding hydrogens is 385 g/mol. The van der Waals surface area contributed by atoms with Gasteiger partial charge in [-0.05, 0) is 50.5 Å². The molecule has 2 fully saturated rings. The minimum atomic E-state index is -0.975. The van der Waals surface area contributed by atoms with Crippen molar-refractivity contribution in [2.75, 3.05) is 11.9 Å². The Bertz CT molecular complexity index is 1040. The molecular formula is C21H24FN7O. The van der Waals surface area contributed by atoms with E-state index in [1.165, 1.54) is 0 Å². The van der Waals surface area contributed by atoms with Gasteiger partial charge in [0.25, 0.3) is 0 Å². The highest BCUT2D eigenvalue weighted by molar-refractivity contribution is 5.69. The largest absolute Gasteiger partial charge is 0.507 e. The maximum atomic E-state index is 15.2. The minimum absolute atomic E-state index is 0.0864. The molecule has 9 heteroatoms. The predicted molar refractivity (Wildman–Crippen MR) is 110 cm³/mol. The molecule has 2 aliphatic rings. The molecule has 2 N–H and O–H groups in total. The van der Waals surface area contributed by atoms with Crippen molar-refractivity contribution < 1.29 is 9.50 Å². The number of nitrogens with one attached hydrogen (secondary N) is 1. The molecule has 0 saturated carbocycles. The second-order valence-electron chi connectivity index (χ2n) is 8.46. The number of aromatic hydroxyl groups is 1. The molecule has 2 aliphatic heterocycles. The SMILES string of the molecule is CN(c1ccc(-c2ccc(-n3cnnc3)cc2O)nn1)[C@H]1CC2CC[C@@](C)(N2)[C@H]1F. The third-order valence-electron chi connectivity index (χ3n) is 6.50. The highest BCUT2D eigenvalue weighted by Gasteiger charge is 2.51. The average Bonchev–Trinajstić information content (AvgIpc) is 3.40. The first-order chi connectivity index (χ1) is 14.4. The lowest BCUT2D eigenvalue weighted by atomic mass is 9.86. The summed E-state index contributed by atoms with van der Waals surface area (Å²) in [5.74, 6) is 0.709. The van der Waals surface area contributed by atoms with E-state index in [4.69, 9.17) is 0 Å². The van der Waals surface area contributed by atoms with Crippen molar-refractivity contribution in [3.05, 3.63) is 43.0 Å². The Morgan fingerprint density at radius 2 is 2.00 bits per heavy atom. The van der Waals surface area contributed by atoms with Crippen LogP contribution in [-0.4, -0.2) is 60.9 Å². The highest BCUT2D eigenvalue weighted by Crippen LogP contribution is 2.40. The molecule has 4 heterocycles. The Kier molecular flexibility index (Phi) is 4.43. The minimum Gasteiger partial charge on any atom is -0.507 e. The molecule has 3 aromatic rings. The van der Waals surface area contributed by atoms with Crippen LogP contribution in [0, 0.1) is 0 Å². The molecule has 2 bridgehead atoms. The Morgan fingerprint density at radius 1 is 1.20 bits per heavy atom. The van der Waals surface area contributed by atoms with Gasteiger partial charge in [0, 0.05) is 30.3 Å². The monoisotopic (exact) mass is 409 g/mol. The Morgan fingerprint density at radius 3 is 2.70 bits per heavy atom. The maximum absolute atomic E-state index is 15.2. The van der Waals surface area contributed by atoms with Gasteiger partial charge in [0.05, 0.1) is 17.4 Å². The fourth-order valence-electron chi connectivity index (χ4n) is 4.73. The number of hydrogen-bond acceptors (Lipinski definition) is 7. The van der Waals surface area contributed by atoms with Gasteiger partial charge in [-0.3, -0.25) is 4.57 Å². The first-order valence-corrected chi connectivity index (χ1v) is 10.1. The summed E-state index contributed by atoms with van der Waals surface area (Å²) in [7, 11) is 1.88. The van der Waals surface area contributed by atoms with Gasteiger partial charge in [0.2, 0.25) is 0 Å². The molecule has 30 heavy (non-hydrogen) atoms. The summed E-state index contributed by atoms with van der Waals surface area (Å²) in [6.07, 6.45) is 4.77. The molecule has 0 amide bonds. The predicted octanol–water partition coefficient (Wildman–Crippen LogP) is 2.49. The number of benzene rings is 1. The molecule has 0 radical (unpaired) electrons. The summed E-state index contributed by atoms with van der Waals surface area (Å²) in [4.78, 5) is 1.90. The summed E-state index contributed by atoms with van der Waals surface area (Å²) in [5.41, 5.74) is 1.40. The van der Waals surface area contributed by atoms with Crippen molar-refractivity contribution >= 4 is 5.82 Å². The van der Waals surface area contributed by atoms with Gasteiger partial charge < -0.3 is 15.3 Å². The Hall–Kier alpha value is -3.07. The van der Waals surface area contributed by atoms with Crippen molar-refractivity contribution in [2.45, 2.75) is 50.0 Å². The third kappa shape index (κ3) is 3.09. The van der Waals surface area contributed by atoms with Crippen LogP contribution in [0.2, 0.25) is 0 Å². The number of fused-ring (bicyclic) bond motifs is 2. The van der Waals surface area contributed by atoms with Gasteiger partial charge in [-0.1, -0.05) is 0 Å². The van der Waals surface area contributed by atoms with E-state index in [9.17, 15) is 5.11 Å². The number of hydrogen-bond donors (Lipinski definition) is 2. The second-order valence-corrected chi connectivity index (χ2v) is 8.46. The lowest BCUT2D eigenvalue weighted by molar-refractivity contribution is 0.111. The number of halogens is 1. The van der Waals surface area contributed by atoms with Crippen LogP contribution in [-0.2, 0) is 0 Å². The highest BCUT2D eigenvalue weighted by atomic mass is 19.1. The van der Waals surface area contributed by atoms with Gasteiger partial charge >= 0.3 is 0 Å². The van der Waals surface area contributed by atoms with Crippen LogP contribution >= 0.6 is 0 Å². The van der Waals surface area contributed by atoms with Gasteiger partial charge in [-0.25, -0.2) is 4.39 Å². The summed E-state index contributed by atoms with van der Waals surface area (Å²) in [5, 5.41) is 30.1. The average molecular weight is 409 g/mol. The van der Waals surface area contributed by atoms with Crippen LogP contribution in [0.5, 0.6) is 5.75 Å². The molecule has 2 saturated heterocycles. The lowest BCUT2D eigenvalue weighted by Crippen LogP contribution is -2.62. The smallest absolute Gasteiger partial charge is 0.151 e. The van der Waals surface area contributed by atoms with Gasteiger partial charge in [0.15, 0.2) is 5.82 Å². The summed E-state index contributed by atoms with van der Waals surface area (Å²) in [6.45, 7) is 1.97. The van der Waals surface area contributed by atoms with Crippen LogP contribution in [0.15, 0.2) is 43.0 Å². The van der Waals surface area contributed by atoms with Crippen LogP contribution < -0.4 is 10.2 Å². The number of rotatable bonds is 4. The fraction of sp³-hybridized carbons (Fsp3) is 0.429. The van der Waals surface area contributed by atoms with E-state index in [0.717, 1.165) is 24.9 Å². The molecule has 1 aromatic carbocycles. The number of anilines is 1. The van der Waals surface area contributed by atoms with Crippen LogP contribution in [0.25, 0.3) is 16.9 Å². The second kappa shape index (κ2) is 7.02. The zero-order valence-electron chi connectivity index (χ0n) is 16.9. The normalized spacial score (nSPS) is 27.9. The Labute approximate surface area is 173 Å². The van der Waals surface area contributed by atoms with Gasteiger partial charge in [-0.2, -0.15) is 0 Å². The molecule has 0 spiro atoms. The zero-order chi connectivity index (χ0) is 20.9. The van der Waals surface area contributed by atoms with E-state index in [1.807, 2.05) is 31.0 Å². The maximum Gasteiger partial charge on any atom is 0.151 e. The van der Waals surface area contributed by atoms with Crippen molar-refractivity contribution in [1.29, 1.82) is 0 Å². The van der Waals surface area contributed by atoms with Crippen LogP contribution in [0.4, 0.5) is 10.2 Å². The van der Waals surface area contributed by atoms with E-state index in [1.54, 1.807) is 35.4 Å². The Balaban J connectivity index is 1.37. The van der Waals surface area contributed by atoms with Gasteiger partial charge in [0.1, 0.15) is 24.6 Å². The van der Waals surface area contributed by atoms with E-state index in [2.05, 4.69) is 25.7 Å². The number of piperidine rings is 1. The summed E-state index contributed by atoms with van der Waals surface area (Å²) < 4.78 is 16.9. The number of phenols is 1. The summed E-state index contributed by atoms with van der Waals surface area (Å²) in [6, 6.07) is 8.99. The van der Waals surface area contributed by atoms with Crippen molar-refractivity contribution in [3.63, 3.8) is 0 Å². The first-order valence-electron chi connectivity index (χ1n) is 10.1. The topological polar surface area (TPSA) is 92.0 Å². The molecule has 2 aromatic heterocycles. The van der Waals surface area contributed by atoms with E-state index < -0.39 is 11.7 Å². The molecule has 1 unspecified atom stereocenters. The van der Waals surface area contributed by atoms with E-state index in [-0.39, 0.29) is 11.8 Å². The van der Waals surface area contributed by atoms with E-state index >= 15 is 4.39 Å². The fourth-order valence-corrected chi connectivity index (χ4v) is 4.73. The molecule has 5 rings (SSSR count). The number of phenolic OH excluding ortho intramolecular Hbond substituents is 1. The van der Waals surface area contributed by atoms with Crippen LogP contribution in [0.3, 0.4) is 0 Å². The molecule has 0 aliphatic carbocycles. The first kappa shape index (κ1) is 18.9. The zero-order valence-corrected chi connectivity index (χ0v) is 16.9. The number of alkyl halides is 1. The standard InChI is InChI=1S/C21H24FN7O/c1-21-8-7-13(25-21)9-17(20(21)22)28(2)19-6-5-16(26-27-19)15-4-3-14(10-18(15)30)29-11-23-24-12-29/h3-6,10-13,17,20,25,30H,7-9H2,1-2H3/t13?,17-,20-,21+/m0/s1. The molecule has 8 nitrogen and oxygen atoms in total.